The second kappa shape index (κ2) is 5.73. The molecule has 0 saturated carbocycles. The van der Waals surface area contributed by atoms with Gasteiger partial charge in [0.1, 0.15) is 5.82 Å². The molecule has 1 atom stereocenters. The van der Waals surface area contributed by atoms with E-state index in [2.05, 4.69) is 23.1 Å². The second-order valence-electron chi connectivity index (χ2n) is 5.32. The van der Waals surface area contributed by atoms with Crippen LogP contribution in [0.25, 0.3) is 0 Å². The van der Waals surface area contributed by atoms with E-state index in [4.69, 9.17) is 0 Å². The molecule has 0 unspecified atom stereocenters. The Morgan fingerprint density at radius 2 is 1.90 bits per heavy atom. The summed E-state index contributed by atoms with van der Waals surface area (Å²) in [5.74, 6) is -0.300. The van der Waals surface area contributed by atoms with Crippen LogP contribution in [0.5, 0.6) is 0 Å². The van der Waals surface area contributed by atoms with Crippen LogP contribution in [-0.2, 0) is 13.0 Å². The van der Waals surface area contributed by atoms with Gasteiger partial charge in [0, 0.05) is 19.6 Å². The average Bonchev–Trinajstić information content (AvgIpc) is 2.47. The lowest BCUT2D eigenvalue weighted by atomic mass is 9.99. The van der Waals surface area contributed by atoms with E-state index in [1.807, 2.05) is 6.07 Å². The molecule has 2 nitrogen and oxygen atoms in total. The minimum absolute atomic E-state index is 0.300. The lowest BCUT2D eigenvalue weighted by Gasteiger charge is -2.30. The first-order valence-corrected chi connectivity index (χ1v) is 6.95. The Morgan fingerprint density at radius 3 is 2.70 bits per heavy atom. The van der Waals surface area contributed by atoms with Crippen LogP contribution >= 0.6 is 0 Å². The molecule has 2 aromatic rings. The van der Waals surface area contributed by atoms with Crippen molar-refractivity contribution in [1.82, 2.24) is 4.90 Å². The number of halogens is 1. The minimum atomic E-state index is -0.643. The maximum Gasteiger partial charge on any atom is 0.123 e. The van der Waals surface area contributed by atoms with E-state index in [0.717, 1.165) is 19.5 Å². The van der Waals surface area contributed by atoms with Gasteiger partial charge in [-0.1, -0.05) is 36.4 Å². The maximum atomic E-state index is 13.2. The molecule has 20 heavy (non-hydrogen) atoms. The van der Waals surface area contributed by atoms with Gasteiger partial charge in [0.2, 0.25) is 0 Å². The molecule has 0 spiro atoms. The summed E-state index contributed by atoms with van der Waals surface area (Å²) in [6.07, 6.45) is 0.363. The van der Waals surface area contributed by atoms with Crippen LogP contribution in [0.2, 0.25) is 0 Å². The summed E-state index contributed by atoms with van der Waals surface area (Å²) in [6.45, 7) is 2.32. The highest BCUT2D eigenvalue weighted by molar-refractivity contribution is 5.29. The first kappa shape index (κ1) is 13.3. The van der Waals surface area contributed by atoms with Gasteiger partial charge in [-0.05, 0) is 35.2 Å². The molecule has 1 N–H and O–H groups in total. The Labute approximate surface area is 118 Å². The number of benzene rings is 2. The highest BCUT2D eigenvalue weighted by Gasteiger charge is 2.19. The van der Waals surface area contributed by atoms with Gasteiger partial charge in [-0.15, -0.1) is 0 Å². The number of nitrogens with zero attached hydrogens (tertiary/aromatic N) is 1. The number of hydrogen-bond acceptors (Lipinski definition) is 2. The van der Waals surface area contributed by atoms with Gasteiger partial charge in [-0.2, -0.15) is 0 Å². The van der Waals surface area contributed by atoms with Gasteiger partial charge < -0.3 is 5.11 Å². The molecular weight excluding hydrogens is 253 g/mol. The topological polar surface area (TPSA) is 23.5 Å². The van der Waals surface area contributed by atoms with Crippen molar-refractivity contribution in [3.05, 3.63) is 71.0 Å². The molecule has 1 heterocycles. The van der Waals surface area contributed by atoms with Crippen LogP contribution in [0, 0.1) is 5.82 Å². The van der Waals surface area contributed by atoms with Gasteiger partial charge >= 0.3 is 0 Å². The van der Waals surface area contributed by atoms with Gasteiger partial charge in [-0.25, -0.2) is 4.39 Å². The molecule has 0 radical (unpaired) electrons. The molecule has 1 aliphatic heterocycles. The summed E-state index contributed by atoms with van der Waals surface area (Å²) >= 11 is 0. The zero-order chi connectivity index (χ0) is 13.9. The Balaban J connectivity index is 1.67. The zero-order valence-electron chi connectivity index (χ0n) is 11.3. The third-order valence-electron chi connectivity index (χ3n) is 3.87. The molecule has 0 amide bonds. The average molecular weight is 271 g/mol. The predicted octanol–water partition coefficient (Wildman–Crippen LogP) is 2.92. The van der Waals surface area contributed by atoms with E-state index in [9.17, 15) is 9.50 Å². The van der Waals surface area contributed by atoms with Crippen molar-refractivity contribution in [3.63, 3.8) is 0 Å². The standard InChI is InChI=1S/C17H18FNO/c18-16-7-3-6-14(10-16)17(20)12-19-9-8-13-4-1-2-5-15(13)11-19/h1-7,10,17,20H,8-9,11-12H2/t17-/m0/s1. The quantitative estimate of drug-likeness (QED) is 0.928. The zero-order valence-corrected chi connectivity index (χ0v) is 11.3. The van der Waals surface area contributed by atoms with Gasteiger partial charge in [-0.3, -0.25) is 4.90 Å². The Hall–Kier alpha value is -1.71. The molecule has 1 aliphatic rings. The molecule has 3 heteroatoms. The molecule has 0 bridgehead atoms. The SMILES string of the molecule is O[C@@H](CN1CCc2ccccc2C1)c1cccc(F)c1. The Morgan fingerprint density at radius 1 is 1.10 bits per heavy atom. The number of β-amino-alcohol motifs (C(OH)–C–C–N with tert-alkyl or cyclic N) is 1. The molecule has 2 aromatic carbocycles. The molecular formula is C17H18FNO. The van der Waals surface area contributed by atoms with Crippen LogP contribution in [0.4, 0.5) is 4.39 Å². The van der Waals surface area contributed by atoms with E-state index in [-0.39, 0.29) is 5.82 Å². The number of hydrogen-bond donors (Lipinski definition) is 1. The maximum absolute atomic E-state index is 13.2. The summed E-state index contributed by atoms with van der Waals surface area (Å²) in [7, 11) is 0. The van der Waals surface area contributed by atoms with Crippen molar-refractivity contribution in [2.75, 3.05) is 13.1 Å². The fourth-order valence-corrected chi connectivity index (χ4v) is 2.77. The highest BCUT2D eigenvalue weighted by atomic mass is 19.1. The smallest absolute Gasteiger partial charge is 0.123 e. The first-order valence-electron chi connectivity index (χ1n) is 6.95. The second-order valence-corrected chi connectivity index (χ2v) is 5.32. The van der Waals surface area contributed by atoms with Crippen LogP contribution in [-0.4, -0.2) is 23.1 Å². The van der Waals surface area contributed by atoms with Crippen molar-refractivity contribution in [3.8, 4) is 0 Å². The fraction of sp³-hybridized carbons (Fsp3) is 0.294. The van der Waals surface area contributed by atoms with E-state index >= 15 is 0 Å². The van der Waals surface area contributed by atoms with E-state index in [0.29, 0.717) is 12.1 Å². The van der Waals surface area contributed by atoms with Crippen LogP contribution in [0.1, 0.15) is 22.8 Å². The molecule has 104 valence electrons. The van der Waals surface area contributed by atoms with Crippen LogP contribution in [0.15, 0.2) is 48.5 Å². The fourth-order valence-electron chi connectivity index (χ4n) is 2.77. The van der Waals surface area contributed by atoms with E-state index in [1.165, 1.54) is 23.3 Å². The van der Waals surface area contributed by atoms with Gasteiger partial charge in [0.25, 0.3) is 0 Å². The van der Waals surface area contributed by atoms with Crippen molar-refractivity contribution in [2.45, 2.75) is 19.1 Å². The number of aliphatic hydroxyl groups is 1. The summed E-state index contributed by atoms with van der Waals surface area (Å²) in [5, 5.41) is 10.2. The summed E-state index contributed by atoms with van der Waals surface area (Å²) in [5.41, 5.74) is 3.36. The van der Waals surface area contributed by atoms with Crippen molar-refractivity contribution < 1.29 is 9.50 Å². The summed E-state index contributed by atoms with van der Waals surface area (Å²) < 4.78 is 13.2. The number of rotatable bonds is 3. The Kier molecular flexibility index (Phi) is 3.81. The summed E-state index contributed by atoms with van der Waals surface area (Å²) in [4.78, 5) is 2.22. The normalized spacial score (nSPS) is 16.7. The van der Waals surface area contributed by atoms with Crippen LogP contribution in [0.3, 0.4) is 0 Å². The molecule has 0 aromatic heterocycles. The summed E-state index contributed by atoms with van der Waals surface area (Å²) in [6, 6.07) is 14.6. The molecule has 0 fully saturated rings. The number of aliphatic hydroxyl groups excluding tert-OH is 1. The van der Waals surface area contributed by atoms with E-state index in [1.54, 1.807) is 12.1 Å². The largest absolute Gasteiger partial charge is 0.387 e. The third-order valence-corrected chi connectivity index (χ3v) is 3.87. The van der Waals surface area contributed by atoms with Crippen molar-refractivity contribution >= 4 is 0 Å². The van der Waals surface area contributed by atoms with Crippen LogP contribution < -0.4 is 0 Å². The monoisotopic (exact) mass is 271 g/mol. The molecule has 3 rings (SSSR count). The van der Waals surface area contributed by atoms with E-state index < -0.39 is 6.10 Å². The molecule has 0 aliphatic carbocycles. The molecule has 0 saturated heterocycles. The Bertz CT molecular complexity index is 599. The first-order chi connectivity index (χ1) is 9.72. The van der Waals surface area contributed by atoms with Gasteiger partial charge in [0.15, 0.2) is 0 Å². The minimum Gasteiger partial charge on any atom is -0.387 e. The van der Waals surface area contributed by atoms with Crippen molar-refractivity contribution in [1.29, 1.82) is 0 Å². The van der Waals surface area contributed by atoms with Crippen molar-refractivity contribution in [2.24, 2.45) is 0 Å². The van der Waals surface area contributed by atoms with Gasteiger partial charge in [0.05, 0.1) is 6.10 Å². The highest BCUT2D eigenvalue weighted by Crippen LogP contribution is 2.22. The number of fused-ring (bicyclic) bond motifs is 1. The third kappa shape index (κ3) is 2.89. The lowest BCUT2D eigenvalue weighted by Crippen LogP contribution is -2.34. The lowest BCUT2D eigenvalue weighted by molar-refractivity contribution is 0.106. The predicted molar refractivity (Wildman–Crippen MR) is 76.8 cm³/mol.